The average molecular weight is 330 g/mol. The van der Waals surface area contributed by atoms with Gasteiger partial charge in [0.25, 0.3) is 0 Å². The number of hydrogen-bond acceptors (Lipinski definition) is 2. The summed E-state index contributed by atoms with van der Waals surface area (Å²) in [6.45, 7) is 8.40. The number of benzene rings is 1. The molecule has 0 bridgehead atoms. The monoisotopic (exact) mass is 329 g/mol. The smallest absolute Gasteiger partial charge is 0.165 e. The van der Waals surface area contributed by atoms with Crippen LogP contribution in [0.25, 0.3) is 0 Å². The van der Waals surface area contributed by atoms with Crippen LogP contribution in [-0.4, -0.2) is 29.8 Å². The molecule has 0 fully saturated rings. The fraction of sp³-hybridized carbons (Fsp3) is 0.588. The van der Waals surface area contributed by atoms with Gasteiger partial charge in [0.1, 0.15) is 0 Å². The molecule has 1 rings (SSSR count). The highest BCUT2D eigenvalue weighted by molar-refractivity contribution is 6.43. The normalized spacial score (nSPS) is 12.7. The Morgan fingerprint density at radius 1 is 1.24 bits per heavy atom. The van der Waals surface area contributed by atoms with E-state index < -0.39 is 0 Å². The fourth-order valence-electron chi connectivity index (χ4n) is 2.27. The molecule has 0 aliphatic rings. The molecule has 0 aliphatic carbocycles. The van der Waals surface area contributed by atoms with Crippen LogP contribution < -0.4 is 0 Å². The van der Waals surface area contributed by atoms with Crippen LogP contribution in [0.2, 0.25) is 10.0 Å². The van der Waals surface area contributed by atoms with E-state index in [9.17, 15) is 4.79 Å². The van der Waals surface area contributed by atoms with Gasteiger partial charge in [-0.25, -0.2) is 0 Å². The van der Waals surface area contributed by atoms with E-state index in [1.807, 2.05) is 0 Å². The molecule has 0 spiro atoms. The Hall–Kier alpha value is -0.570. The standard InChI is InChI=1S/C17H25Cl2NO/c1-4-6-11-20(13(3)5-2)12-10-16(21)14-8-7-9-15(18)17(14)19/h7-9,13H,4-6,10-12H2,1-3H3. The van der Waals surface area contributed by atoms with Gasteiger partial charge in [-0.2, -0.15) is 0 Å². The van der Waals surface area contributed by atoms with Gasteiger partial charge in [-0.1, -0.05) is 49.5 Å². The summed E-state index contributed by atoms with van der Waals surface area (Å²) in [6.07, 6.45) is 3.90. The summed E-state index contributed by atoms with van der Waals surface area (Å²) in [7, 11) is 0. The number of carbonyl (C=O) groups excluding carboxylic acids is 1. The molecule has 0 radical (unpaired) electrons. The summed E-state index contributed by atoms with van der Waals surface area (Å²) in [5.74, 6) is 0.0623. The first-order valence-electron chi connectivity index (χ1n) is 7.72. The minimum atomic E-state index is 0.0623. The van der Waals surface area contributed by atoms with Crippen LogP contribution in [0.1, 0.15) is 56.8 Å². The first-order valence-corrected chi connectivity index (χ1v) is 8.48. The van der Waals surface area contributed by atoms with Crippen LogP contribution in [-0.2, 0) is 0 Å². The Morgan fingerprint density at radius 2 is 1.95 bits per heavy atom. The van der Waals surface area contributed by atoms with Crippen LogP contribution in [0.3, 0.4) is 0 Å². The third kappa shape index (κ3) is 5.61. The Labute approximate surface area is 138 Å². The van der Waals surface area contributed by atoms with Gasteiger partial charge in [-0.3, -0.25) is 4.79 Å². The van der Waals surface area contributed by atoms with Crippen LogP contribution in [0.5, 0.6) is 0 Å². The Balaban J connectivity index is 2.66. The molecule has 1 atom stereocenters. The maximum Gasteiger partial charge on any atom is 0.165 e. The minimum Gasteiger partial charge on any atom is -0.300 e. The van der Waals surface area contributed by atoms with Gasteiger partial charge in [-0.15, -0.1) is 0 Å². The van der Waals surface area contributed by atoms with Gasteiger partial charge in [0.05, 0.1) is 10.0 Å². The summed E-state index contributed by atoms with van der Waals surface area (Å²) in [4.78, 5) is 14.7. The lowest BCUT2D eigenvalue weighted by Gasteiger charge is -2.28. The summed E-state index contributed by atoms with van der Waals surface area (Å²) >= 11 is 12.1. The molecule has 0 saturated carbocycles. The number of hydrogen-bond donors (Lipinski definition) is 0. The second-order valence-corrected chi connectivity index (χ2v) is 6.21. The van der Waals surface area contributed by atoms with Gasteiger partial charge in [0.15, 0.2) is 5.78 Å². The first kappa shape index (κ1) is 18.5. The molecule has 21 heavy (non-hydrogen) atoms. The highest BCUT2D eigenvalue weighted by Gasteiger charge is 2.16. The molecule has 0 heterocycles. The topological polar surface area (TPSA) is 20.3 Å². The number of unbranched alkanes of at least 4 members (excludes halogenated alkanes) is 1. The lowest BCUT2D eigenvalue weighted by molar-refractivity contribution is 0.0951. The largest absolute Gasteiger partial charge is 0.300 e. The van der Waals surface area contributed by atoms with E-state index in [-0.39, 0.29) is 5.78 Å². The zero-order valence-corrected chi connectivity index (χ0v) is 14.7. The highest BCUT2D eigenvalue weighted by atomic mass is 35.5. The average Bonchev–Trinajstić information content (AvgIpc) is 2.49. The predicted octanol–water partition coefficient (Wildman–Crippen LogP) is 5.47. The van der Waals surface area contributed by atoms with Crippen molar-refractivity contribution in [3.8, 4) is 0 Å². The maximum absolute atomic E-state index is 12.3. The molecule has 2 nitrogen and oxygen atoms in total. The quantitative estimate of drug-likeness (QED) is 0.560. The van der Waals surface area contributed by atoms with Crippen molar-refractivity contribution in [1.29, 1.82) is 0 Å². The molecule has 0 aromatic heterocycles. The molecule has 1 aromatic rings. The van der Waals surface area contributed by atoms with Crippen molar-refractivity contribution in [2.45, 2.75) is 52.5 Å². The summed E-state index contributed by atoms with van der Waals surface area (Å²) in [5, 5.41) is 0.806. The van der Waals surface area contributed by atoms with Gasteiger partial charge in [0.2, 0.25) is 0 Å². The number of nitrogens with zero attached hydrogens (tertiary/aromatic N) is 1. The second kappa shape index (κ2) is 9.45. The SMILES string of the molecule is CCCCN(CCC(=O)c1cccc(Cl)c1Cl)C(C)CC. The number of carbonyl (C=O) groups is 1. The molecule has 1 aromatic carbocycles. The molecular formula is C17H25Cl2NO. The van der Waals surface area contributed by atoms with Crippen molar-refractivity contribution in [1.82, 2.24) is 4.90 Å². The number of halogens is 2. The lowest BCUT2D eigenvalue weighted by atomic mass is 10.1. The van der Waals surface area contributed by atoms with Crippen molar-refractivity contribution >= 4 is 29.0 Å². The minimum absolute atomic E-state index is 0.0623. The third-order valence-electron chi connectivity index (χ3n) is 3.89. The molecule has 0 N–H and O–H groups in total. The number of Topliss-reactive ketones (excluding diaryl/α,β-unsaturated/α-hetero) is 1. The highest BCUT2D eigenvalue weighted by Crippen LogP contribution is 2.26. The van der Waals surface area contributed by atoms with Crippen molar-refractivity contribution in [2.24, 2.45) is 0 Å². The van der Waals surface area contributed by atoms with Crippen molar-refractivity contribution in [3.63, 3.8) is 0 Å². The first-order chi connectivity index (χ1) is 10.0. The molecule has 4 heteroatoms. The Kier molecular flexibility index (Phi) is 8.31. The Morgan fingerprint density at radius 3 is 2.57 bits per heavy atom. The van der Waals surface area contributed by atoms with E-state index in [0.717, 1.165) is 25.9 Å². The zero-order chi connectivity index (χ0) is 15.8. The molecule has 1 unspecified atom stereocenters. The zero-order valence-electron chi connectivity index (χ0n) is 13.2. The van der Waals surface area contributed by atoms with Crippen molar-refractivity contribution in [2.75, 3.05) is 13.1 Å². The molecular weight excluding hydrogens is 305 g/mol. The lowest BCUT2D eigenvalue weighted by Crippen LogP contribution is -2.35. The summed E-state index contributed by atoms with van der Waals surface area (Å²) in [5.41, 5.74) is 0.531. The van der Waals surface area contributed by atoms with Crippen LogP contribution in [0.4, 0.5) is 0 Å². The van der Waals surface area contributed by atoms with Crippen molar-refractivity contribution in [3.05, 3.63) is 33.8 Å². The van der Waals surface area contributed by atoms with Gasteiger partial charge in [0, 0.05) is 24.6 Å². The van der Waals surface area contributed by atoms with Crippen LogP contribution >= 0.6 is 23.2 Å². The van der Waals surface area contributed by atoms with E-state index in [1.165, 1.54) is 6.42 Å². The summed E-state index contributed by atoms with van der Waals surface area (Å²) in [6, 6.07) is 5.72. The van der Waals surface area contributed by atoms with Crippen molar-refractivity contribution < 1.29 is 4.79 Å². The van der Waals surface area contributed by atoms with E-state index in [0.29, 0.717) is 28.1 Å². The molecule has 0 aliphatic heterocycles. The van der Waals surface area contributed by atoms with Gasteiger partial charge in [-0.05, 0) is 38.4 Å². The van der Waals surface area contributed by atoms with Crippen LogP contribution in [0, 0.1) is 0 Å². The van der Waals surface area contributed by atoms with E-state index in [2.05, 4.69) is 25.7 Å². The number of ketones is 1. The summed E-state index contributed by atoms with van der Waals surface area (Å²) < 4.78 is 0. The van der Waals surface area contributed by atoms with Gasteiger partial charge >= 0.3 is 0 Å². The van der Waals surface area contributed by atoms with E-state index in [4.69, 9.17) is 23.2 Å². The number of rotatable bonds is 9. The predicted molar refractivity (Wildman–Crippen MR) is 91.6 cm³/mol. The third-order valence-corrected chi connectivity index (χ3v) is 4.71. The fourth-order valence-corrected chi connectivity index (χ4v) is 2.68. The Bertz CT molecular complexity index is 462. The molecule has 0 amide bonds. The van der Waals surface area contributed by atoms with Gasteiger partial charge < -0.3 is 4.90 Å². The molecule has 0 saturated heterocycles. The van der Waals surface area contributed by atoms with E-state index in [1.54, 1.807) is 18.2 Å². The van der Waals surface area contributed by atoms with Crippen LogP contribution in [0.15, 0.2) is 18.2 Å². The second-order valence-electron chi connectivity index (χ2n) is 5.42. The van der Waals surface area contributed by atoms with E-state index >= 15 is 0 Å². The maximum atomic E-state index is 12.3. The molecule has 118 valence electrons.